The standard InChI is InChI=1S/C26H29ClN2O2/c1-5-6-23(18(4)17(2)3)19-7-8-24(21(13-19)16-30)20-10-12-29(15-20)26(31)25-14-22(27)9-11-28-25/h5-9,11,13-14,17,20,30H,1,4,10,12,15-16H2,2-3H3/b23-6+. The molecule has 1 unspecified atom stereocenters. The first-order valence-electron chi connectivity index (χ1n) is 10.5. The molecule has 162 valence electrons. The van der Waals surface area contributed by atoms with Gasteiger partial charge >= 0.3 is 0 Å². The molecule has 0 bridgehead atoms. The van der Waals surface area contributed by atoms with E-state index in [0.717, 1.165) is 34.3 Å². The van der Waals surface area contributed by atoms with E-state index in [9.17, 15) is 9.90 Å². The van der Waals surface area contributed by atoms with Crippen LogP contribution in [0.15, 0.2) is 67.4 Å². The molecule has 4 nitrogen and oxygen atoms in total. The molecule has 2 heterocycles. The fourth-order valence-corrected chi connectivity index (χ4v) is 4.17. The minimum absolute atomic E-state index is 0.0566. The van der Waals surface area contributed by atoms with Crippen LogP contribution < -0.4 is 0 Å². The van der Waals surface area contributed by atoms with Gasteiger partial charge in [-0.15, -0.1) is 0 Å². The van der Waals surface area contributed by atoms with Gasteiger partial charge in [-0.1, -0.05) is 62.9 Å². The largest absolute Gasteiger partial charge is 0.392 e. The van der Waals surface area contributed by atoms with Gasteiger partial charge in [0.15, 0.2) is 0 Å². The van der Waals surface area contributed by atoms with E-state index in [1.807, 2.05) is 17.0 Å². The molecule has 0 radical (unpaired) electrons. The summed E-state index contributed by atoms with van der Waals surface area (Å²) in [7, 11) is 0. The zero-order valence-corrected chi connectivity index (χ0v) is 18.9. The van der Waals surface area contributed by atoms with Gasteiger partial charge in [0.05, 0.1) is 6.61 Å². The van der Waals surface area contributed by atoms with Crippen LogP contribution in [0.5, 0.6) is 0 Å². The predicted molar refractivity (Wildman–Crippen MR) is 127 cm³/mol. The van der Waals surface area contributed by atoms with Crippen molar-refractivity contribution in [2.75, 3.05) is 13.1 Å². The third kappa shape index (κ3) is 5.15. The van der Waals surface area contributed by atoms with Crippen LogP contribution in [0.3, 0.4) is 0 Å². The normalized spacial score (nSPS) is 16.6. The van der Waals surface area contributed by atoms with Crippen molar-refractivity contribution >= 4 is 23.1 Å². The average Bonchev–Trinajstić information content (AvgIpc) is 3.26. The Bertz CT molecular complexity index is 1030. The fraction of sp³-hybridized carbons (Fsp3) is 0.308. The van der Waals surface area contributed by atoms with Gasteiger partial charge in [-0.3, -0.25) is 9.78 Å². The number of amides is 1. The van der Waals surface area contributed by atoms with Gasteiger partial charge in [0.2, 0.25) is 0 Å². The maximum Gasteiger partial charge on any atom is 0.272 e. The fourth-order valence-electron chi connectivity index (χ4n) is 4.01. The lowest BCUT2D eigenvalue weighted by molar-refractivity contribution is 0.0785. The summed E-state index contributed by atoms with van der Waals surface area (Å²) in [5, 5.41) is 10.6. The highest BCUT2D eigenvalue weighted by molar-refractivity contribution is 6.30. The Morgan fingerprint density at radius 3 is 2.77 bits per heavy atom. The number of benzene rings is 1. The van der Waals surface area contributed by atoms with Crippen LogP contribution in [0.25, 0.3) is 5.57 Å². The van der Waals surface area contributed by atoms with Crippen molar-refractivity contribution in [3.63, 3.8) is 0 Å². The van der Waals surface area contributed by atoms with Crippen molar-refractivity contribution in [1.29, 1.82) is 0 Å². The molecule has 1 fully saturated rings. The smallest absolute Gasteiger partial charge is 0.272 e. The van der Waals surface area contributed by atoms with E-state index < -0.39 is 0 Å². The highest BCUT2D eigenvalue weighted by Gasteiger charge is 2.30. The molecule has 1 aliphatic rings. The summed E-state index contributed by atoms with van der Waals surface area (Å²) in [5.41, 5.74) is 5.39. The number of aromatic nitrogens is 1. The summed E-state index contributed by atoms with van der Waals surface area (Å²) < 4.78 is 0. The lowest BCUT2D eigenvalue weighted by atomic mass is 9.87. The minimum atomic E-state index is -0.114. The van der Waals surface area contributed by atoms with Crippen LogP contribution in [0.1, 0.15) is 53.4 Å². The zero-order valence-electron chi connectivity index (χ0n) is 18.1. The van der Waals surface area contributed by atoms with Crippen LogP contribution in [-0.4, -0.2) is 34.0 Å². The molecule has 2 aromatic rings. The van der Waals surface area contributed by atoms with Crippen LogP contribution in [0.4, 0.5) is 0 Å². The molecule has 3 rings (SSSR count). The summed E-state index contributed by atoms with van der Waals surface area (Å²) in [6.45, 7) is 13.5. The second-order valence-electron chi connectivity index (χ2n) is 8.16. The van der Waals surface area contributed by atoms with Crippen LogP contribution >= 0.6 is 11.6 Å². The van der Waals surface area contributed by atoms with E-state index in [1.165, 1.54) is 0 Å². The number of allylic oxidation sites excluding steroid dienone is 4. The molecule has 31 heavy (non-hydrogen) atoms. The Hall–Kier alpha value is -2.69. The van der Waals surface area contributed by atoms with Crippen molar-refractivity contribution in [3.05, 3.63) is 94.8 Å². The molecule has 0 spiro atoms. The number of hydrogen-bond donors (Lipinski definition) is 1. The second-order valence-corrected chi connectivity index (χ2v) is 8.60. The summed E-state index contributed by atoms with van der Waals surface area (Å²) in [6.07, 6.45) is 6.12. The Kier molecular flexibility index (Phi) is 7.47. The number of aliphatic hydroxyl groups excluding tert-OH is 1. The third-order valence-electron chi connectivity index (χ3n) is 5.81. The van der Waals surface area contributed by atoms with Gasteiger partial charge in [0, 0.05) is 30.2 Å². The average molecular weight is 437 g/mol. The molecule has 1 aromatic carbocycles. The number of halogens is 1. The number of likely N-dealkylation sites (tertiary alicyclic amines) is 1. The Morgan fingerprint density at radius 2 is 2.13 bits per heavy atom. The van der Waals surface area contributed by atoms with E-state index in [0.29, 0.717) is 29.7 Å². The van der Waals surface area contributed by atoms with E-state index in [4.69, 9.17) is 11.6 Å². The van der Waals surface area contributed by atoms with Crippen molar-refractivity contribution in [2.45, 2.75) is 32.8 Å². The maximum absolute atomic E-state index is 12.8. The van der Waals surface area contributed by atoms with Gasteiger partial charge in [0.25, 0.3) is 5.91 Å². The first kappa shape index (κ1) is 23.0. The van der Waals surface area contributed by atoms with Gasteiger partial charge in [-0.2, -0.15) is 0 Å². The van der Waals surface area contributed by atoms with Crippen LogP contribution in [-0.2, 0) is 6.61 Å². The summed E-state index contributed by atoms with van der Waals surface area (Å²) in [4.78, 5) is 18.8. The van der Waals surface area contributed by atoms with Crippen molar-refractivity contribution < 1.29 is 9.90 Å². The number of carbonyl (C=O) groups excluding carboxylic acids is 1. The summed E-state index contributed by atoms with van der Waals surface area (Å²) >= 11 is 6.01. The lowest BCUT2D eigenvalue weighted by Gasteiger charge is -2.20. The van der Waals surface area contributed by atoms with Crippen LogP contribution in [0.2, 0.25) is 5.02 Å². The molecule has 1 saturated heterocycles. The molecule has 1 aliphatic heterocycles. The summed E-state index contributed by atoms with van der Waals surface area (Å²) in [5.74, 6) is 0.356. The number of pyridine rings is 1. The van der Waals surface area contributed by atoms with Gasteiger partial charge in [0.1, 0.15) is 5.69 Å². The van der Waals surface area contributed by atoms with Crippen molar-refractivity contribution in [2.24, 2.45) is 5.92 Å². The van der Waals surface area contributed by atoms with Gasteiger partial charge in [-0.25, -0.2) is 0 Å². The molecule has 1 aromatic heterocycles. The highest BCUT2D eigenvalue weighted by Crippen LogP contribution is 2.34. The van der Waals surface area contributed by atoms with Gasteiger partial charge in [-0.05, 0) is 58.4 Å². The first-order chi connectivity index (χ1) is 14.8. The summed E-state index contributed by atoms with van der Waals surface area (Å²) in [6, 6.07) is 9.42. The topological polar surface area (TPSA) is 53.4 Å². The van der Waals surface area contributed by atoms with Crippen molar-refractivity contribution in [3.8, 4) is 0 Å². The van der Waals surface area contributed by atoms with Gasteiger partial charge < -0.3 is 10.0 Å². The number of carbonyl (C=O) groups is 1. The van der Waals surface area contributed by atoms with E-state index >= 15 is 0 Å². The molecule has 0 saturated carbocycles. The Morgan fingerprint density at radius 1 is 1.35 bits per heavy atom. The number of nitrogens with zero attached hydrogens (tertiary/aromatic N) is 2. The molecule has 1 N–H and O–H groups in total. The Labute approximate surface area is 189 Å². The molecule has 1 amide bonds. The second kappa shape index (κ2) is 10.1. The minimum Gasteiger partial charge on any atom is -0.392 e. The molecular formula is C26H29ClN2O2. The quantitative estimate of drug-likeness (QED) is 0.571. The number of rotatable bonds is 7. The first-order valence-corrected chi connectivity index (χ1v) is 10.9. The lowest BCUT2D eigenvalue weighted by Crippen LogP contribution is -2.29. The van der Waals surface area contributed by atoms with Crippen LogP contribution in [0, 0.1) is 5.92 Å². The third-order valence-corrected chi connectivity index (χ3v) is 6.04. The van der Waals surface area contributed by atoms with E-state index in [2.05, 4.69) is 44.1 Å². The van der Waals surface area contributed by atoms with Crippen molar-refractivity contribution in [1.82, 2.24) is 9.88 Å². The highest BCUT2D eigenvalue weighted by atomic mass is 35.5. The predicted octanol–water partition coefficient (Wildman–Crippen LogP) is 5.64. The number of hydrogen-bond acceptors (Lipinski definition) is 3. The van der Waals surface area contributed by atoms with E-state index in [-0.39, 0.29) is 18.4 Å². The number of aliphatic hydroxyl groups is 1. The van der Waals surface area contributed by atoms with E-state index in [1.54, 1.807) is 24.4 Å². The molecule has 5 heteroatoms. The zero-order chi connectivity index (χ0) is 22.5. The SMILES string of the molecule is C=C/C=C(\C(=C)C(C)C)c1ccc(C2CCN(C(=O)c3cc(Cl)ccn3)C2)c(CO)c1. The monoisotopic (exact) mass is 436 g/mol. The maximum atomic E-state index is 12.8. The molecular weight excluding hydrogens is 408 g/mol. The molecule has 0 aliphatic carbocycles. The molecule has 1 atom stereocenters. The Balaban J connectivity index is 1.84.